The number of aryl methyl sites for hydroxylation is 1. The molecule has 0 aliphatic rings. The van der Waals surface area contributed by atoms with E-state index in [0.717, 1.165) is 11.1 Å². The van der Waals surface area contributed by atoms with Crippen molar-refractivity contribution in [3.63, 3.8) is 0 Å². The van der Waals surface area contributed by atoms with Gasteiger partial charge < -0.3 is 4.74 Å². The van der Waals surface area contributed by atoms with Gasteiger partial charge in [-0.15, -0.1) is 0 Å². The standard InChI is InChI=1S/C21H17F3O/c1-3-13-4-9-16(12-18(13)22)14-5-7-15(8-6-14)17-10-11-19(25-2)21(24)20(17)23/h4-12H,3H2,1-2H3. The highest BCUT2D eigenvalue weighted by Gasteiger charge is 2.15. The molecule has 0 saturated carbocycles. The van der Waals surface area contributed by atoms with E-state index >= 15 is 0 Å². The summed E-state index contributed by atoms with van der Waals surface area (Å²) in [7, 11) is 1.29. The van der Waals surface area contributed by atoms with Gasteiger partial charge in [0.2, 0.25) is 5.82 Å². The summed E-state index contributed by atoms with van der Waals surface area (Å²) >= 11 is 0. The molecule has 4 heteroatoms. The summed E-state index contributed by atoms with van der Waals surface area (Å²) in [6.45, 7) is 1.90. The van der Waals surface area contributed by atoms with Gasteiger partial charge in [0.05, 0.1) is 7.11 Å². The van der Waals surface area contributed by atoms with Gasteiger partial charge in [0, 0.05) is 5.56 Å². The number of halogens is 3. The zero-order valence-corrected chi connectivity index (χ0v) is 13.9. The van der Waals surface area contributed by atoms with Crippen LogP contribution < -0.4 is 4.74 Å². The summed E-state index contributed by atoms with van der Waals surface area (Å²) in [6, 6.07) is 14.9. The fourth-order valence-electron chi connectivity index (χ4n) is 2.77. The van der Waals surface area contributed by atoms with E-state index in [9.17, 15) is 13.2 Å². The molecule has 0 atom stereocenters. The van der Waals surface area contributed by atoms with Crippen molar-refractivity contribution in [2.45, 2.75) is 13.3 Å². The van der Waals surface area contributed by atoms with Crippen molar-refractivity contribution < 1.29 is 17.9 Å². The van der Waals surface area contributed by atoms with Crippen LogP contribution in [0, 0.1) is 17.5 Å². The van der Waals surface area contributed by atoms with Gasteiger partial charge in [-0.1, -0.05) is 43.3 Å². The van der Waals surface area contributed by atoms with Gasteiger partial charge in [0.25, 0.3) is 0 Å². The van der Waals surface area contributed by atoms with E-state index in [1.807, 2.05) is 13.0 Å². The number of hydrogen-bond donors (Lipinski definition) is 0. The van der Waals surface area contributed by atoms with Gasteiger partial charge in [-0.05, 0) is 46.9 Å². The molecule has 3 rings (SSSR count). The van der Waals surface area contributed by atoms with Gasteiger partial charge in [-0.2, -0.15) is 4.39 Å². The number of rotatable bonds is 4. The highest BCUT2D eigenvalue weighted by molar-refractivity contribution is 5.71. The fourth-order valence-corrected chi connectivity index (χ4v) is 2.77. The third-order valence-corrected chi connectivity index (χ3v) is 4.23. The predicted octanol–water partition coefficient (Wildman–Crippen LogP) is 6.01. The van der Waals surface area contributed by atoms with Crippen molar-refractivity contribution in [2.24, 2.45) is 0 Å². The number of benzene rings is 3. The highest BCUT2D eigenvalue weighted by atomic mass is 19.2. The molecule has 0 spiro atoms. The Morgan fingerprint density at radius 3 is 2.00 bits per heavy atom. The lowest BCUT2D eigenvalue weighted by Crippen LogP contribution is -1.95. The topological polar surface area (TPSA) is 9.23 Å². The Labute approximate surface area is 144 Å². The highest BCUT2D eigenvalue weighted by Crippen LogP contribution is 2.31. The minimum Gasteiger partial charge on any atom is -0.494 e. The lowest BCUT2D eigenvalue weighted by atomic mass is 9.98. The molecule has 0 N–H and O–H groups in total. The summed E-state index contributed by atoms with van der Waals surface area (Å²) in [6.07, 6.45) is 0.632. The molecular weight excluding hydrogens is 325 g/mol. The molecule has 0 aliphatic heterocycles. The van der Waals surface area contributed by atoms with Crippen LogP contribution in [0.2, 0.25) is 0 Å². The quantitative estimate of drug-likeness (QED) is 0.564. The number of ether oxygens (including phenoxy) is 1. The normalized spacial score (nSPS) is 10.8. The molecule has 1 nitrogen and oxygen atoms in total. The number of methoxy groups -OCH3 is 1. The Morgan fingerprint density at radius 2 is 1.40 bits per heavy atom. The van der Waals surface area contributed by atoms with Crippen LogP contribution in [0.3, 0.4) is 0 Å². The summed E-state index contributed by atoms with van der Waals surface area (Å²) in [5.74, 6) is -2.34. The van der Waals surface area contributed by atoms with Gasteiger partial charge >= 0.3 is 0 Å². The third kappa shape index (κ3) is 3.25. The van der Waals surface area contributed by atoms with E-state index in [2.05, 4.69) is 0 Å². The van der Waals surface area contributed by atoms with E-state index in [-0.39, 0.29) is 17.1 Å². The van der Waals surface area contributed by atoms with Crippen LogP contribution in [-0.4, -0.2) is 7.11 Å². The Kier molecular flexibility index (Phi) is 4.79. The minimum atomic E-state index is -1.01. The van der Waals surface area contributed by atoms with Crippen molar-refractivity contribution in [1.29, 1.82) is 0 Å². The van der Waals surface area contributed by atoms with Gasteiger partial charge in [0.1, 0.15) is 5.82 Å². The van der Waals surface area contributed by atoms with Crippen molar-refractivity contribution in [1.82, 2.24) is 0 Å². The Balaban J connectivity index is 1.95. The van der Waals surface area contributed by atoms with E-state index in [1.54, 1.807) is 30.3 Å². The largest absolute Gasteiger partial charge is 0.494 e. The van der Waals surface area contributed by atoms with Crippen LogP contribution in [0.4, 0.5) is 13.2 Å². The molecule has 128 valence electrons. The van der Waals surface area contributed by atoms with Crippen molar-refractivity contribution in [3.05, 3.63) is 77.6 Å². The molecule has 0 fully saturated rings. The van der Waals surface area contributed by atoms with Crippen molar-refractivity contribution >= 4 is 0 Å². The Bertz CT molecular complexity index is 902. The second-order valence-corrected chi connectivity index (χ2v) is 5.68. The van der Waals surface area contributed by atoms with Crippen LogP contribution in [0.15, 0.2) is 54.6 Å². The predicted molar refractivity (Wildman–Crippen MR) is 93.1 cm³/mol. The zero-order chi connectivity index (χ0) is 18.0. The fraction of sp³-hybridized carbons (Fsp3) is 0.143. The lowest BCUT2D eigenvalue weighted by molar-refractivity contribution is 0.372. The molecular formula is C21H17F3O. The first-order valence-electron chi connectivity index (χ1n) is 7.96. The van der Waals surface area contributed by atoms with Crippen LogP contribution in [0.5, 0.6) is 5.75 Å². The molecule has 0 heterocycles. The lowest BCUT2D eigenvalue weighted by Gasteiger charge is -2.09. The van der Waals surface area contributed by atoms with Gasteiger partial charge in [-0.3, -0.25) is 0 Å². The van der Waals surface area contributed by atoms with Gasteiger partial charge in [0.15, 0.2) is 11.6 Å². The molecule has 0 aromatic heterocycles. The first kappa shape index (κ1) is 17.1. The zero-order valence-electron chi connectivity index (χ0n) is 13.9. The van der Waals surface area contributed by atoms with Crippen molar-refractivity contribution in [2.75, 3.05) is 7.11 Å². The summed E-state index contributed by atoms with van der Waals surface area (Å²) < 4.78 is 46.8. The molecule has 0 saturated heterocycles. The van der Waals surface area contributed by atoms with Crippen LogP contribution in [-0.2, 0) is 6.42 Å². The maximum absolute atomic E-state index is 14.2. The summed E-state index contributed by atoms with van der Waals surface area (Å²) in [4.78, 5) is 0. The average Bonchev–Trinajstić information content (AvgIpc) is 2.64. The summed E-state index contributed by atoms with van der Waals surface area (Å²) in [5, 5.41) is 0. The minimum absolute atomic E-state index is 0.135. The monoisotopic (exact) mass is 342 g/mol. The van der Waals surface area contributed by atoms with E-state index in [4.69, 9.17) is 4.74 Å². The molecule has 25 heavy (non-hydrogen) atoms. The second-order valence-electron chi connectivity index (χ2n) is 5.68. The molecule has 0 aliphatic carbocycles. The molecule has 3 aromatic rings. The Morgan fingerprint density at radius 1 is 0.760 bits per heavy atom. The molecule has 3 aromatic carbocycles. The smallest absolute Gasteiger partial charge is 0.201 e. The van der Waals surface area contributed by atoms with E-state index in [1.165, 1.54) is 25.3 Å². The van der Waals surface area contributed by atoms with Gasteiger partial charge in [-0.25, -0.2) is 8.78 Å². The number of hydrogen-bond acceptors (Lipinski definition) is 1. The first-order valence-corrected chi connectivity index (χ1v) is 7.96. The van der Waals surface area contributed by atoms with Crippen molar-refractivity contribution in [3.8, 4) is 28.0 Å². The average molecular weight is 342 g/mol. The SMILES string of the molecule is CCc1ccc(-c2ccc(-c3ccc(OC)c(F)c3F)cc2)cc1F. The molecule has 0 radical (unpaired) electrons. The van der Waals surface area contributed by atoms with E-state index in [0.29, 0.717) is 17.5 Å². The Hall–Kier alpha value is -2.75. The van der Waals surface area contributed by atoms with Crippen LogP contribution in [0.25, 0.3) is 22.3 Å². The summed E-state index contributed by atoms with van der Waals surface area (Å²) in [5.41, 5.74) is 2.89. The second kappa shape index (κ2) is 7.01. The van der Waals surface area contributed by atoms with Crippen LogP contribution >= 0.6 is 0 Å². The molecule has 0 bridgehead atoms. The first-order chi connectivity index (χ1) is 12.0. The molecule has 0 amide bonds. The van der Waals surface area contributed by atoms with Crippen LogP contribution in [0.1, 0.15) is 12.5 Å². The molecule has 0 unspecified atom stereocenters. The van der Waals surface area contributed by atoms with E-state index < -0.39 is 11.6 Å². The third-order valence-electron chi connectivity index (χ3n) is 4.23. The maximum atomic E-state index is 14.2. The maximum Gasteiger partial charge on any atom is 0.201 e.